The lowest BCUT2D eigenvalue weighted by Crippen LogP contribution is -2.30. The highest BCUT2D eigenvalue weighted by atomic mass is 16.5. The smallest absolute Gasteiger partial charge is 0.101 e. The van der Waals surface area contributed by atoms with Gasteiger partial charge in [-0.3, -0.25) is 0 Å². The van der Waals surface area contributed by atoms with E-state index in [0.29, 0.717) is 5.92 Å². The van der Waals surface area contributed by atoms with Gasteiger partial charge in [0.05, 0.1) is 11.3 Å². The molecular formula is C16H23N3O. The van der Waals surface area contributed by atoms with Crippen LogP contribution in [0, 0.1) is 17.2 Å². The summed E-state index contributed by atoms with van der Waals surface area (Å²) in [4.78, 5) is 2.21. The summed E-state index contributed by atoms with van der Waals surface area (Å²) in [6.07, 6.45) is 2.23. The summed E-state index contributed by atoms with van der Waals surface area (Å²) in [5.41, 5.74) is 2.93. The van der Waals surface area contributed by atoms with Gasteiger partial charge in [-0.2, -0.15) is 5.26 Å². The maximum absolute atomic E-state index is 9.35. The van der Waals surface area contributed by atoms with Gasteiger partial charge in [0.2, 0.25) is 0 Å². The van der Waals surface area contributed by atoms with Crippen LogP contribution in [0.2, 0.25) is 0 Å². The van der Waals surface area contributed by atoms with Crippen molar-refractivity contribution in [2.45, 2.75) is 19.4 Å². The third-order valence-electron chi connectivity index (χ3n) is 3.85. The molecule has 1 N–H and O–H groups in total. The lowest BCUT2D eigenvalue weighted by Gasteiger charge is -2.29. The Labute approximate surface area is 121 Å². The summed E-state index contributed by atoms with van der Waals surface area (Å²) in [5, 5.41) is 12.5. The summed E-state index contributed by atoms with van der Waals surface area (Å²) in [6.45, 7) is 3.51. The minimum atomic E-state index is 0.664. The molecule has 4 nitrogen and oxygen atoms in total. The van der Waals surface area contributed by atoms with Crippen LogP contribution >= 0.6 is 0 Å². The topological polar surface area (TPSA) is 48.3 Å². The monoisotopic (exact) mass is 273 g/mol. The van der Waals surface area contributed by atoms with Crippen molar-refractivity contribution in [3.05, 3.63) is 29.3 Å². The summed E-state index contributed by atoms with van der Waals surface area (Å²) in [7, 11) is 3.99. The number of nitrogens with zero attached hydrogens (tertiary/aromatic N) is 2. The first-order chi connectivity index (χ1) is 9.74. The zero-order chi connectivity index (χ0) is 14.4. The van der Waals surface area contributed by atoms with Gasteiger partial charge in [-0.25, -0.2) is 0 Å². The van der Waals surface area contributed by atoms with Crippen LogP contribution in [0.1, 0.15) is 24.0 Å². The number of rotatable bonds is 5. The van der Waals surface area contributed by atoms with Crippen molar-refractivity contribution < 1.29 is 4.74 Å². The molecule has 0 unspecified atom stereocenters. The first-order valence-corrected chi connectivity index (χ1v) is 7.21. The van der Waals surface area contributed by atoms with E-state index < -0.39 is 0 Å². The van der Waals surface area contributed by atoms with Gasteiger partial charge in [0, 0.05) is 33.4 Å². The van der Waals surface area contributed by atoms with E-state index in [2.05, 4.69) is 35.5 Å². The number of benzene rings is 1. The third kappa shape index (κ3) is 3.72. The lowest BCUT2D eigenvalue weighted by atomic mass is 9.99. The fourth-order valence-electron chi connectivity index (χ4n) is 2.73. The van der Waals surface area contributed by atoms with E-state index in [1.807, 2.05) is 13.1 Å². The van der Waals surface area contributed by atoms with Gasteiger partial charge >= 0.3 is 0 Å². The van der Waals surface area contributed by atoms with Crippen molar-refractivity contribution in [2.24, 2.45) is 5.92 Å². The van der Waals surface area contributed by atoms with Crippen molar-refractivity contribution >= 4 is 5.69 Å². The van der Waals surface area contributed by atoms with Crippen molar-refractivity contribution in [3.63, 3.8) is 0 Å². The first-order valence-electron chi connectivity index (χ1n) is 7.21. The highest BCUT2D eigenvalue weighted by Crippen LogP contribution is 2.24. The summed E-state index contributed by atoms with van der Waals surface area (Å²) in [6, 6.07) is 8.45. The number of nitrogens with one attached hydrogen (secondary N) is 1. The predicted molar refractivity (Wildman–Crippen MR) is 80.7 cm³/mol. The Bertz CT molecular complexity index is 475. The van der Waals surface area contributed by atoms with Crippen LogP contribution < -0.4 is 10.2 Å². The Hall–Kier alpha value is -1.57. The first kappa shape index (κ1) is 14.8. The number of anilines is 1. The summed E-state index contributed by atoms with van der Waals surface area (Å²) in [5.74, 6) is 0.664. The molecule has 1 fully saturated rings. The van der Waals surface area contributed by atoms with Gasteiger partial charge in [0.1, 0.15) is 6.07 Å². The number of hydrogen-bond acceptors (Lipinski definition) is 4. The Morgan fingerprint density at radius 1 is 1.40 bits per heavy atom. The van der Waals surface area contributed by atoms with E-state index in [1.165, 1.54) is 0 Å². The Morgan fingerprint density at radius 3 is 2.80 bits per heavy atom. The molecule has 0 bridgehead atoms. The van der Waals surface area contributed by atoms with Crippen LogP contribution in [-0.2, 0) is 11.3 Å². The molecule has 0 saturated carbocycles. The van der Waals surface area contributed by atoms with Crippen LogP contribution in [0.5, 0.6) is 0 Å². The standard InChI is InChI=1S/C16H23N3O/c1-18-11-14-3-4-16(15(9-14)10-17)19(2)12-13-5-7-20-8-6-13/h3-4,9,13,18H,5-8,11-12H2,1-2H3. The molecule has 1 saturated heterocycles. The van der Waals surface area contributed by atoms with Crippen LogP contribution in [0.4, 0.5) is 5.69 Å². The van der Waals surface area contributed by atoms with Crippen molar-refractivity contribution in [1.29, 1.82) is 5.26 Å². The minimum Gasteiger partial charge on any atom is -0.381 e. The Kier molecular flexibility index (Phi) is 5.40. The maximum atomic E-state index is 9.35. The van der Waals surface area contributed by atoms with E-state index in [-0.39, 0.29) is 0 Å². The molecule has 1 heterocycles. The van der Waals surface area contributed by atoms with Crippen LogP contribution in [-0.4, -0.2) is 33.9 Å². The zero-order valence-electron chi connectivity index (χ0n) is 12.4. The Morgan fingerprint density at radius 2 is 2.15 bits per heavy atom. The Balaban J connectivity index is 2.08. The van der Waals surface area contributed by atoms with Gasteiger partial charge in [0.25, 0.3) is 0 Å². The second kappa shape index (κ2) is 7.28. The highest BCUT2D eigenvalue weighted by molar-refractivity contribution is 5.60. The van der Waals surface area contributed by atoms with Crippen LogP contribution in [0.25, 0.3) is 0 Å². The van der Waals surface area contributed by atoms with Gasteiger partial charge in [-0.15, -0.1) is 0 Å². The van der Waals surface area contributed by atoms with Gasteiger partial charge in [0.15, 0.2) is 0 Å². The minimum absolute atomic E-state index is 0.664. The van der Waals surface area contributed by atoms with Crippen LogP contribution in [0.15, 0.2) is 18.2 Å². The highest BCUT2D eigenvalue weighted by Gasteiger charge is 2.17. The van der Waals surface area contributed by atoms with Gasteiger partial charge in [-0.1, -0.05) is 6.07 Å². The number of nitriles is 1. The normalized spacial score (nSPS) is 15.8. The summed E-state index contributed by atoms with van der Waals surface area (Å²) < 4.78 is 5.40. The molecule has 0 spiro atoms. The largest absolute Gasteiger partial charge is 0.381 e. The van der Waals surface area contributed by atoms with Crippen molar-refractivity contribution in [3.8, 4) is 6.07 Å². The molecule has 4 heteroatoms. The van der Waals surface area contributed by atoms with Crippen molar-refractivity contribution in [1.82, 2.24) is 5.32 Å². The number of ether oxygens (including phenoxy) is 1. The van der Waals surface area contributed by atoms with Crippen molar-refractivity contribution in [2.75, 3.05) is 38.8 Å². The van der Waals surface area contributed by atoms with E-state index in [9.17, 15) is 5.26 Å². The molecule has 0 radical (unpaired) electrons. The second-order valence-corrected chi connectivity index (χ2v) is 5.43. The molecule has 1 aliphatic rings. The quantitative estimate of drug-likeness (QED) is 0.893. The lowest BCUT2D eigenvalue weighted by molar-refractivity contribution is 0.0685. The molecule has 0 aromatic heterocycles. The maximum Gasteiger partial charge on any atom is 0.101 e. The molecular weight excluding hydrogens is 250 g/mol. The molecule has 2 rings (SSSR count). The fourth-order valence-corrected chi connectivity index (χ4v) is 2.73. The number of hydrogen-bond donors (Lipinski definition) is 1. The molecule has 1 aromatic carbocycles. The van der Waals surface area contributed by atoms with E-state index in [4.69, 9.17) is 4.74 Å². The molecule has 0 aliphatic carbocycles. The molecule has 20 heavy (non-hydrogen) atoms. The molecule has 0 amide bonds. The summed E-state index contributed by atoms with van der Waals surface area (Å²) >= 11 is 0. The molecule has 108 valence electrons. The fraction of sp³-hybridized carbons (Fsp3) is 0.562. The molecule has 1 aromatic rings. The SMILES string of the molecule is CNCc1ccc(N(C)CC2CCOCC2)c(C#N)c1. The average molecular weight is 273 g/mol. The van der Waals surface area contributed by atoms with Crippen LogP contribution in [0.3, 0.4) is 0 Å². The molecule has 1 aliphatic heterocycles. The molecule has 0 atom stereocenters. The predicted octanol–water partition coefficient (Wildman–Crippen LogP) is 2.14. The van der Waals surface area contributed by atoms with Gasteiger partial charge in [-0.05, 0) is 43.5 Å². The van der Waals surface area contributed by atoms with Gasteiger partial charge < -0.3 is 15.0 Å². The average Bonchev–Trinajstić information content (AvgIpc) is 2.48. The van der Waals surface area contributed by atoms with E-state index in [0.717, 1.165) is 56.0 Å². The van der Waals surface area contributed by atoms with E-state index in [1.54, 1.807) is 0 Å². The van der Waals surface area contributed by atoms with E-state index >= 15 is 0 Å². The third-order valence-corrected chi connectivity index (χ3v) is 3.85. The zero-order valence-corrected chi connectivity index (χ0v) is 12.4. The second-order valence-electron chi connectivity index (χ2n) is 5.43.